The van der Waals surface area contributed by atoms with Crippen molar-refractivity contribution in [2.24, 2.45) is 0 Å². The van der Waals surface area contributed by atoms with E-state index in [2.05, 4.69) is 21.8 Å². The molecule has 4 nitrogen and oxygen atoms in total. The first kappa shape index (κ1) is 12.5. The molecule has 0 aliphatic carbocycles. The molecule has 0 radical (unpaired) electrons. The van der Waals surface area contributed by atoms with E-state index in [1.165, 1.54) is 0 Å². The number of rotatable bonds is 1. The maximum absolute atomic E-state index is 12.2. The molecule has 100 valence electrons. The molecule has 1 saturated heterocycles. The lowest BCUT2D eigenvalue weighted by Gasteiger charge is -2.33. The van der Waals surface area contributed by atoms with Crippen LogP contribution in [0, 0.1) is 0 Å². The Balaban J connectivity index is 2.04. The van der Waals surface area contributed by atoms with Gasteiger partial charge in [0.25, 0.3) is 5.56 Å². The number of benzene rings is 1. The molecular formula is C14H16ClN3O. The fourth-order valence-corrected chi connectivity index (χ4v) is 2.75. The van der Waals surface area contributed by atoms with E-state index in [9.17, 15) is 4.79 Å². The van der Waals surface area contributed by atoms with Crippen LogP contribution in [-0.4, -0.2) is 43.1 Å². The fraction of sp³-hybridized carbons (Fsp3) is 0.357. The van der Waals surface area contributed by atoms with Gasteiger partial charge in [0, 0.05) is 26.2 Å². The van der Waals surface area contributed by atoms with Crippen LogP contribution in [0.2, 0.25) is 5.02 Å². The van der Waals surface area contributed by atoms with Crippen molar-refractivity contribution >= 4 is 28.2 Å². The molecule has 0 amide bonds. The zero-order valence-electron chi connectivity index (χ0n) is 10.8. The van der Waals surface area contributed by atoms with Crippen LogP contribution in [0.25, 0.3) is 10.8 Å². The minimum absolute atomic E-state index is 0.114. The summed E-state index contributed by atoms with van der Waals surface area (Å²) in [6, 6.07) is 7.55. The van der Waals surface area contributed by atoms with Crippen LogP contribution in [0.4, 0.5) is 5.82 Å². The maximum Gasteiger partial charge on any atom is 0.258 e. The van der Waals surface area contributed by atoms with Crippen molar-refractivity contribution in [2.45, 2.75) is 0 Å². The van der Waals surface area contributed by atoms with Crippen LogP contribution in [0.15, 0.2) is 29.1 Å². The Bertz CT molecular complexity index is 659. The zero-order chi connectivity index (χ0) is 13.4. The Labute approximate surface area is 116 Å². The zero-order valence-corrected chi connectivity index (χ0v) is 11.6. The summed E-state index contributed by atoms with van der Waals surface area (Å²) in [5.74, 6) is 0.882. The minimum atomic E-state index is -0.114. The number of hydrogen-bond acceptors (Lipinski definition) is 3. The molecule has 1 N–H and O–H groups in total. The highest BCUT2D eigenvalue weighted by Crippen LogP contribution is 2.23. The topological polar surface area (TPSA) is 39.3 Å². The van der Waals surface area contributed by atoms with Gasteiger partial charge in [0.2, 0.25) is 0 Å². The summed E-state index contributed by atoms with van der Waals surface area (Å²) >= 11 is 6.08. The van der Waals surface area contributed by atoms with E-state index in [0.29, 0.717) is 10.4 Å². The van der Waals surface area contributed by atoms with Crippen molar-refractivity contribution in [1.29, 1.82) is 0 Å². The third kappa shape index (κ3) is 2.33. The number of fused-ring (bicyclic) bond motifs is 1. The second-order valence-corrected chi connectivity index (χ2v) is 5.39. The van der Waals surface area contributed by atoms with Crippen LogP contribution in [0.3, 0.4) is 0 Å². The molecule has 1 aromatic heterocycles. The summed E-state index contributed by atoms with van der Waals surface area (Å²) in [6.45, 7) is 3.88. The van der Waals surface area contributed by atoms with Crippen LogP contribution >= 0.6 is 11.6 Å². The highest BCUT2D eigenvalue weighted by Gasteiger charge is 2.16. The molecule has 19 heavy (non-hydrogen) atoms. The van der Waals surface area contributed by atoms with E-state index in [4.69, 9.17) is 11.6 Å². The molecule has 0 unspecified atom stereocenters. The smallest absolute Gasteiger partial charge is 0.258 e. The quantitative estimate of drug-likeness (QED) is 0.866. The number of hydrogen-bond donors (Lipinski definition) is 1. The van der Waals surface area contributed by atoms with Gasteiger partial charge in [-0.25, -0.2) is 0 Å². The van der Waals surface area contributed by atoms with Crippen molar-refractivity contribution < 1.29 is 0 Å². The fourth-order valence-electron chi connectivity index (χ4n) is 2.48. The molecule has 2 heterocycles. The number of anilines is 1. The minimum Gasteiger partial charge on any atom is -0.356 e. The predicted molar refractivity (Wildman–Crippen MR) is 79.3 cm³/mol. The third-order valence-corrected chi connectivity index (χ3v) is 3.97. The summed E-state index contributed by atoms with van der Waals surface area (Å²) in [6.07, 6.45) is 0. The molecule has 3 rings (SSSR count). The standard InChI is InChI=1S/C14H16ClN3O/c1-17-5-7-18(8-6-17)12-9-10-3-2-4-11(15)13(10)14(19)16-12/h2-4,9H,5-8H2,1H3,(H,16,19). The molecule has 1 aromatic carbocycles. The Morgan fingerprint density at radius 3 is 2.68 bits per heavy atom. The van der Waals surface area contributed by atoms with Crippen molar-refractivity contribution in [3.8, 4) is 0 Å². The Hall–Kier alpha value is -1.52. The van der Waals surface area contributed by atoms with E-state index in [0.717, 1.165) is 37.4 Å². The Morgan fingerprint density at radius 1 is 1.21 bits per heavy atom. The number of pyridine rings is 1. The molecule has 0 saturated carbocycles. The van der Waals surface area contributed by atoms with Crippen LogP contribution in [-0.2, 0) is 0 Å². The molecule has 1 fully saturated rings. The maximum atomic E-state index is 12.2. The predicted octanol–water partition coefficient (Wildman–Crippen LogP) is 1.93. The van der Waals surface area contributed by atoms with Gasteiger partial charge in [-0.2, -0.15) is 0 Å². The summed E-state index contributed by atoms with van der Waals surface area (Å²) in [4.78, 5) is 19.6. The lowest BCUT2D eigenvalue weighted by Crippen LogP contribution is -2.45. The van der Waals surface area contributed by atoms with Crippen molar-refractivity contribution in [3.05, 3.63) is 39.6 Å². The first-order chi connectivity index (χ1) is 9.15. The van der Waals surface area contributed by atoms with E-state index in [1.54, 1.807) is 6.07 Å². The van der Waals surface area contributed by atoms with Gasteiger partial charge in [0.1, 0.15) is 5.82 Å². The SMILES string of the molecule is CN1CCN(c2cc3cccc(Cl)c3c(=O)[nH]2)CC1. The molecule has 0 spiro atoms. The molecule has 1 aliphatic heterocycles. The van der Waals surface area contributed by atoms with E-state index in [-0.39, 0.29) is 5.56 Å². The summed E-state index contributed by atoms with van der Waals surface area (Å²) < 4.78 is 0. The number of piperazine rings is 1. The van der Waals surface area contributed by atoms with Crippen LogP contribution in [0.1, 0.15) is 0 Å². The van der Waals surface area contributed by atoms with Gasteiger partial charge in [0.05, 0.1) is 10.4 Å². The molecule has 0 atom stereocenters. The monoisotopic (exact) mass is 277 g/mol. The van der Waals surface area contributed by atoms with Crippen LogP contribution < -0.4 is 10.5 Å². The molecule has 2 aromatic rings. The number of nitrogens with zero attached hydrogens (tertiary/aromatic N) is 2. The first-order valence-corrected chi connectivity index (χ1v) is 6.78. The summed E-state index contributed by atoms with van der Waals surface area (Å²) in [5.41, 5.74) is -0.114. The normalized spacial score (nSPS) is 17.1. The number of aromatic nitrogens is 1. The van der Waals surface area contributed by atoms with Gasteiger partial charge < -0.3 is 14.8 Å². The number of H-pyrrole nitrogens is 1. The molecule has 0 bridgehead atoms. The van der Waals surface area contributed by atoms with E-state index < -0.39 is 0 Å². The van der Waals surface area contributed by atoms with Gasteiger partial charge in [-0.1, -0.05) is 23.7 Å². The van der Waals surface area contributed by atoms with Crippen LogP contribution in [0.5, 0.6) is 0 Å². The highest BCUT2D eigenvalue weighted by molar-refractivity contribution is 6.35. The van der Waals surface area contributed by atoms with Crippen molar-refractivity contribution in [3.63, 3.8) is 0 Å². The van der Waals surface area contributed by atoms with Gasteiger partial charge in [-0.05, 0) is 24.6 Å². The molecule has 5 heteroatoms. The number of aromatic amines is 1. The number of nitrogens with one attached hydrogen (secondary N) is 1. The third-order valence-electron chi connectivity index (χ3n) is 3.65. The van der Waals surface area contributed by atoms with E-state index in [1.807, 2.05) is 18.2 Å². The summed E-state index contributed by atoms with van der Waals surface area (Å²) in [5, 5.41) is 1.97. The lowest BCUT2D eigenvalue weighted by atomic mass is 10.1. The second-order valence-electron chi connectivity index (χ2n) is 4.98. The van der Waals surface area contributed by atoms with Gasteiger partial charge in [0.15, 0.2) is 0 Å². The van der Waals surface area contributed by atoms with E-state index >= 15 is 0 Å². The van der Waals surface area contributed by atoms with Gasteiger partial charge in [-0.15, -0.1) is 0 Å². The average molecular weight is 278 g/mol. The average Bonchev–Trinajstić information content (AvgIpc) is 2.39. The second kappa shape index (κ2) is 4.87. The number of likely N-dealkylation sites (N-methyl/N-ethyl adjacent to an activating group) is 1. The van der Waals surface area contributed by atoms with Gasteiger partial charge >= 0.3 is 0 Å². The van der Waals surface area contributed by atoms with Gasteiger partial charge in [-0.3, -0.25) is 4.79 Å². The Kier molecular flexibility index (Phi) is 3.21. The first-order valence-electron chi connectivity index (χ1n) is 6.40. The largest absolute Gasteiger partial charge is 0.356 e. The molecule has 1 aliphatic rings. The number of halogens is 1. The highest BCUT2D eigenvalue weighted by atomic mass is 35.5. The van der Waals surface area contributed by atoms with Crippen molar-refractivity contribution in [1.82, 2.24) is 9.88 Å². The summed E-state index contributed by atoms with van der Waals surface area (Å²) in [7, 11) is 2.11. The van der Waals surface area contributed by atoms with Crippen molar-refractivity contribution in [2.75, 3.05) is 38.1 Å². The lowest BCUT2D eigenvalue weighted by molar-refractivity contribution is 0.312. The molecular weight excluding hydrogens is 262 g/mol. The Morgan fingerprint density at radius 2 is 1.95 bits per heavy atom.